The Labute approximate surface area is 418 Å². The van der Waals surface area contributed by atoms with E-state index in [1.165, 1.54) is 89.0 Å². The van der Waals surface area contributed by atoms with Gasteiger partial charge in [-0.1, -0.05) is 170 Å². The van der Waals surface area contributed by atoms with Crippen LogP contribution in [0.4, 0.5) is 0 Å². The highest BCUT2D eigenvalue weighted by Crippen LogP contribution is 2.77. The van der Waals surface area contributed by atoms with Crippen molar-refractivity contribution in [2.45, 2.75) is 71.8 Å². The highest BCUT2D eigenvalue weighted by Gasteiger charge is 2.67. The van der Waals surface area contributed by atoms with E-state index in [2.05, 4.69) is 182 Å². The summed E-state index contributed by atoms with van der Waals surface area (Å²) < 4.78 is 15.1. The first-order chi connectivity index (χ1) is 35.8. The molecule has 12 atom stereocenters. The molecule has 16 aliphatic rings. The summed E-state index contributed by atoms with van der Waals surface area (Å²) in [6.45, 7) is 0. The highest BCUT2D eigenvalue weighted by molar-refractivity contribution is 5.74. The van der Waals surface area contributed by atoms with Gasteiger partial charge < -0.3 is 9.47 Å². The zero-order chi connectivity index (χ0) is 45.7. The summed E-state index contributed by atoms with van der Waals surface area (Å²) in [5.74, 6) is 3.92. The predicted octanol–water partition coefficient (Wildman–Crippen LogP) is 15.0. The van der Waals surface area contributed by atoms with Crippen LogP contribution in [0.25, 0.3) is 0 Å². The van der Waals surface area contributed by atoms with Gasteiger partial charge in [-0.25, -0.2) is 0 Å². The average Bonchev–Trinajstić information content (AvgIpc) is 4.23. The van der Waals surface area contributed by atoms with E-state index in [4.69, 9.17) is 9.47 Å². The summed E-state index contributed by atoms with van der Waals surface area (Å²) in [6, 6.07) is 72.5. The molecule has 12 bridgehead atoms. The number of rotatable bonds is 0. The van der Waals surface area contributed by atoms with Gasteiger partial charge in [-0.3, -0.25) is 0 Å². The first kappa shape index (κ1) is 36.8. The molecule has 0 aromatic heterocycles. The third-order valence-corrected chi connectivity index (χ3v) is 21.9. The first-order valence-electron chi connectivity index (χ1n) is 27.1. The molecule has 72 heavy (non-hydrogen) atoms. The van der Waals surface area contributed by atoms with E-state index in [-0.39, 0.29) is 48.1 Å². The monoisotopic (exact) mass is 918 g/mol. The van der Waals surface area contributed by atoms with Crippen molar-refractivity contribution in [1.29, 1.82) is 0 Å². The minimum Gasteiger partial charge on any atom is -0.365 e. The molecule has 25 rings (SSSR count). The summed E-state index contributed by atoms with van der Waals surface area (Å²) >= 11 is 0. The highest BCUT2D eigenvalue weighted by atomic mass is 16.5. The Morgan fingerprint density at radius 1 is 0.181 bits per heavy atom. The van der Waals surface area contributed by atoms with E-state index in [0.717, 1.165) is 0 Å². The summed E-state index contributed by atoms with van der Waals surface area (Å²) in [5.41, 5.74) is 36.4. The quantitative estimate of drug-likeness (QED) is 0.151. The molecule has 0 radical (unpaired) electrons. The van der Waals surface area contributed by atoms with Gasteiger partial charge in [-0.2, -0.15) is 0 Å². The Morgan fingerprint density at radius 3 is 0.569 bits per heavy atom. The minimum atomic E-state index is 0.0788. The Bertz CT molecular complexity index is 3490. The van der Waals surface area contributed by atoms with Crippen molar-refractivity contribution in [2.24, 2.45) is 23.7 Å². The lowest BCUT2D eigenvalue weighted by molar-refractivity contribution is 0.0494. The van der Waals surface area contributed by atoms with Gasteiger partial charge in [0.15, 0.2) is 0 Å². The Morgan fingerprint density at radius 2 is 0.361 bits per heavy atom. The minimum absolute atomic E-state index is 0.0788. The lowest BCUT2D eigenvalue weighted by atomic mass is 9.48. The number of ether oxygens (including phenoxy) is 2. The van der Waals surface area contributed by atoms with Crippen LogP contribution in [-0.2, 0) is 9.47 Å². The SMILES string of the molecule is c1ccc2c(c1)C1c3ccccc3C2c2cc3c(cc21)[C@@H]1c2ccccc2[C@@H]3[C@@H]2[C@@H]1[C@@H]1O[C@@H]2c2cc3c(cc21)[C@@H]1O[C@@H]3[C@H]2[C@@H]3c4ccccc4[C@H](c4cc5c(cc43)C3c4ccccc4C5c4ccccc43)[C@@H]21. The van der Waals surface area contributed by atoms with Crippen LogP contribution < -0.4 is 0 Å². The van der Waals surface area contributed by atoms with Gasteiger partial charge in [0.1, 0.15) is 0 Å². The lowest BCUT2D eigenvalue weighted by Crippen LogP contribution is -2.44. The van der Waals surface area contributed by atoms with Gasteiger partial charge >= 0.3 is 0 Å². The predicted molar refractivity (Wildman–Crippen MR) is 276 cm³/mol. The molecule has 0 N–H and O–H groups in total. The zero-order valence-electron chi connectivity index (χ0n) is 39.4. The molecule has 9 aromatic carbocycles. The van der Waals surface area contributed by atoms with Crippen LogP contribution in [0.5, 0.6) is 0 Å². The third-order valence-electron chi connectivity index (χ3n) is 21.9. The fraction of sp³-hybridized carbons (Fsp3) is 0.229. The van der Waals surface area contributed by atoms with Crippen molar-refractivity contribution in [1.82, 2.24) is 0 Å². The number of fused-ring (bicyclic) bond motifs is 10. The molecular weight excluding hydrogens is 873 g/mol. The van der Waals surface area contributed by atoms with E-state index in [1.807, 2.05) is 0 Å². The van der Waals surface area contributed by atoms with Gasteiger partial charge in [0.2, 0.25) is 0 Å². The van der Waals surface area contributed by atoms with Crippen molar-refractivity contribution >= 4 is 0 Å². The van der Waals surface area contributed by atoms with Crippen molar-refractivity contribution in [3.63, 3.8) is 0 Å². The molecule has 12 aliphatic carbocycles. The smallest absolute Gasteiger partial charge is 0.0878 e. The second-order valence-electron chi connectivity index (χ2n) is 24.0. The van der Waals surface area contributed by atoms with E-state index in [0.29, 0.717) is 47.3 Å². The molecule has 0 saturated carbocycles. The van der Waals surface area contributed by atoms with Crippen LogP contribution in [-0.4, -0.2) is 0 Å². The van der Waals surface area contributed by atoms with Crippen LogP contribution in [0.3, 0.4) is 0 Å². The fourth-order valence-electron chi connectivity index (χ4n) is 19.9. The molecule has 4 aliphatic heterocycles. The summed E-state index contributed by atoms with van der Waals surface area (Å²) in [7, 11) is 0. The Hall–Kier alpha value is -7.10. The zero-order valence-corrected chi connectivity index (χ0v) is 39.4. The van der Waals surface area contributed by atoms with Crippen molar-refractivity contribution in [3.8, 4) is 0 Å². The maximum absolute atomic E-state index is 7.55. The summed E-state index contributed by atoms with van der Waals surface area (Å²) in [6.07, 6.45) is 0.315. The Balaban J connectivity index is 0.710. The normalized spacial score (nSPS) is 34.0. The molecule has 4 heterocycles. The molecule has 0 amide bonds. The van der Waals surface area contributed by atoms with Crippen molar-refractivity contribution in [3.05, 3.63) is 316 Å². The summed E-state index contributed by atoms with van der Waals surface area (Å²) in [4.78, 5) is 0. The van der Waals surface area contributed by atoms with Gasteiger partial charge in [0.05, 0.1) is 24.4 Å². The largest absolute Gasteiger partial charge is 0.365 e. The van der Waals surface area contributed by atoms with E-state index >= 15 is 0 Å². The fourth-order valence-corrected chi connectivity index (χ4v) is 19.9. The summed E-state index contributed by atoms with van der Waals surface area (Å²) in [5, 5.41) is 0. The molecule has 2 heteroatoms. The Kier molecular flexibility index (Phi) is 6.15. The van der Waals surface area contributed by atoms with Gasteiger partial charge in [-0.15, -0.1) is 0 Å². The molecule has 0 spiro atoms. The van der Waals surface area contributed by atoms with Crippen LogP contribution in [0.2, 0.25) is 0 Å². The number of hydrogen-bond donors (Lipinski definition) is 0. The maximum atomic E-state index is 7.55. The average molecular weight is 919 g/mol. The maximum Gasteiger partial charge on any atom is 0.0878 e. The standard InChI is InChI=1S/C70H46O2/c1-2-14-32-31(13-1)55-33-15-3-4-16-34(33)56(32)44-26-48-47(25-43(44)55)59-39-21-9-10-22-40(39)60(48)64-63(59)67-51-29-53-54(30-52(51)68(64)71-67)70-66-62-42-24-12-11-23-41(42)61(65(66)69(53)72-70)49-27-45-46(28-50(49)62)58-37-19-7-5-17-35(37)57(45)36-18-6-8-20-38(36)58/h1-30,55-70H/t55?,56?,57?,58?,59-,60-,61+,62+,63+,64+,65-,66-,67+,68+,69-,70-. The second kappa shape index (κ2) is 12.0. The lowest BCUT2D eigenvalue weighted by Gasteiger charge is -2.53. The molecule has 2 nitrogen and oxygen atoms in total. The van der Waals surface area contributed by atoms with Crippen LogP contribution in [0, 0.1) is 23.7 Å². The number of benzene rings is 9. The van der Waals surface area contributed by atoms with E-state index < -0.39 is 0 Å². The first-order valence-corrected chi connectivity index (χ1v) is 27.1. The van der Waals surface area contributed by atoms with Gasteiger partial charge in [-0.05, 0) is 146 Å². The topological polar surface area (TPSA) is 18.5 Å². The second-order valence-corrected chi connectivity index (χ2v) is 24.0. The van der Waals surface area contributed by atoms with E-state index in [1.54, 1.807) is 44.5 Å². The third kappa shape index (κ3) is 3.83. The van der Waals surface area contributed by atoms with Gasteiger partial charge in [0, 0.05) is 71.0 Å². The van der Waals surface area contributed by atoms with Gasteiger partial charge in [0.25, 0.3) is 0 Å². The molecule has 9 aromatic rings. The molecule has 2 saturated heterocycles. The van der Waals surface area contributed by atoms with E-state index in [9.17, 15) is 0 Å². The van der Waals surface area contributed by atoms with Crippen molar-refractivity contribution < 1.29 is 9.47 Å². The van der Waals surface area contributed by atoms with Crippen LogP contribution in [0.1, 0.15) is 205 Å². The molecule has 0 unspecified atom stereocenters. The van der Waals surface area contributed by atoms with Crippen molar-refractivity contribution in [2.75, 3.05) is 0 Å². The molecular formula is C70H46O2. The van der Waals surface area contributed by atoms with Crippen LogP contribution >= 0.6 is 0 Å². The van der Waals surface area contributed by atoms with Crippen LogP contribution in [0.15, 0.2) is 182 Å². The number of hydrogen-bond acceptors (Lipinski definition) is 2. The molecule has 2 fully saturated rings. The molecule has 338 valence electrons.